The van der Waals surface area contributed by atoms with E-state index in [4.69, 9.17) is 9.26 Å². The lowest BCUT2D eigenvalue weighted by atomic mass is 10.2. The lowest BCUT2D eigenvalue weighted by Crippen LogP contribution is -2.16. The molecule has 1 aromatic carbocycles. The molecule has 0 atom stereocenters. The molecule has 0 saturated heterocycles. The SMILES string of the molecule is COc1ncc(-c2nc(-c3ccc(OC(F)(F)F)cc3)no2)cn1. The first-order chi connectivity index (χ1) is 11.4. The molecule has 3 rings (SSSR count). The van der Waals surface area contributed by atoms with Crippen LogP contribution < -0.4 is 9.47 Å². The van der Waals surface area contributed by atoms with Crippen molar-refractivity contribution >= 4 is 0 Å². The Labute approximate surface area is 133 Å². The summed E-state index contributed by atoms with van der Waals surface area (Å²) in [6, 6.07) is 5.30. The van der Waals surface area contributed by atoms with E-state index < -0.39 is 6.36 Å². The van der Waals surface area contributed by atoms with E-state index in [1.54, 1.807) is 0 Å². The molecule has 0 bridgehead atoms. The second-order valence-corrected chi connectivity index (χ2v) is 4.45. The van der Waals surface area contributed by atoms with Crippen molar-refractivity contribution in [3.05, 3.63) is 36.7 Å². The molecule has 3 aromatic rings. The topological polar surface area (TPSA) is 83.2 Å². The van der Waals surface area contributed by atoms with Gasteiger partial charge < -0.3 is 14.0 Å². The van der Waals surface area contributed by atoms with Crippen LogP contribution >= 0.6 is 0 Å². The van der Waals surface area contributed by atoms with Gasteiger partial charge in [-0.1, -0.05) is 5.16 Å². The molecule has 0 aliphatic heterocycles. The first kappa shape index (κ1) is 15.7. The van der Waals surface area contributed by atoms with Gasteiger partial charge in [-0.05, 0) is 24.3 Å². The Morgan fingerprint density at radius 1 is 1.00 bits per heavy atom. The molecule has 0 N–H and O–H groups in total. The van der Waals surface area contributed by atoms with Crippen molar-refractivity contribution in [2.24, 2.45) is 0 Å². The van der Waals surface area contributed by atoms with Gasteiger partial charge in [0.2, 0.25) is 5.82 Å². The third-order valence-electron chi connectivity index (χ3n) is 2.83. The standard InChI is InChI=1S/C14H9F3N4O3/c1-22-13-18-6-9(7-19-13)12-20-11(21-24-12)8-2-4-10(5-3-8)23-14(15,16)17/h2-7H,1H3. The maximum atomic E-state index is 12.1. The number of hydrogen-bond donors (Lipinski definition) is 0. The molecule has 0 aliphatic rings. The van der Waals surface area contributed by atoms with Gasteiger partial charge in [0.05, 0.1) is 12.7 Å². The van der Waals surface area contributed by atoms with Crippen LogP contribution in [0.5, 0.6) is 11.8 Å². The normalized spacial score (nSPS) is 11.3. The van der Waals surface area contributed by atoms with Crippen LogP contribution in [0.4, 0.5) is 13.2 Å². The van der Waals surface area contributed by atoms with Gasteiger partial charge in [-0.2, -0.15) is 4.98 Å². The van der Waals surface area contributed by atoms with Crippen molar-refractivity contribution in [1.29, 1.82) is 0 Å². The maximum Gasteiger partial charge on any atom is 0.573 e. The zero-order chi connectivity index (χ0) is 17.2. The predicted octanol–water partition coefficient (Wildman–Crippen LogP) is 3.10. The van der Waals surface area contributed by atoms with Crippen molar-refractivity contribution in [3.8, 4) is 34.6 Å². The zero-order valence-corrected chi connectivity index (χ0v) is 12.1. The van der Waals surface area contributed by atoms with E-state index in [-0.39, 0.29) is 23.5 Å². The van der Waals surface area contributed by atoms with Gasteiger partial charge in [0, 0.05) is 18.0 Å². The second-order valence-electron chi connectivity index (χ2n) is 4.45. The zero-order valence-electron chi connectivity index (χ0n) is 12.1. The van der Waals surface area contributed by atoms with Crippen LogP contribution in [-0.4, -0.2) is 33.6 Å². The summed E-state index contributed by atoms with van der Waals surface area (Å²) >= 11 is 0. The molecule has 10 heteroatoms. The summed E-state index contributed by atoms with van der Waals surface area (Å²) in [6.45, 7) is 0. The van der Waals surface area contributed by atoms with Crippen LogP contribution in [0.3, 0.4) is 0 Å². The fraction of sp³-hybridized carbons (Fsp3) is 0.143. The molecule has 2 heterocycles. The van der Waals surface area contributed by atoms with Crippen molar-refractivity contribution in [1.82, 2.24) is 20.1 Å². The summed E-state index contributed by atoms with van der Waals surface area (Å²) in [5, 5.41) is 3.77. The van der Waals surface area contributed by atoms with Gasteiger partial charge >= 0.3 is 12.4 Å². The molecule has 0 unspecified atom stereocenters. The Kier molecular flexibility index (Phi) is 4.02. The third kappa shape index (κ3) is 3.59. The fourth-order valence-corrected chi connectivity index (χ4v) is 1.80. The molecular weight excluding hydrogens is 329 g/mol. The van der Waals surface area contributed by atoms with Gasteiger partial charge in [-0.25, -0.2) is 9.97 Å². The van der Waals surface area contributed by atoms with E-state index in [1.807, 2.05) is 0 Å². The number of ether oxygens (including phenoxy) is 2. The number of aromatic nitrogens is 4. The average molecular weight is 338 g/mol. The second kappa shape index (κ2) is 6.14. The van der Waals surface area contributed by atoms with Crippen LogP contribution in [0.25, 0.3) is 22.8 Å². The minimum Gasteiger partial charge on any atom is -0.467 e. The Bertz CT molecular complexity index is 817. The van der Waals surface area contributed by atoms with E-state index in [9.17, 15) is 13.2 Å². The summed E-state index contributed by atoms with van der Waals surface area (Å²) in [7, 11) is 1.44. The molecule has 0 aliphatic carbocycles. The minimum absolute atomic E-state index is 0.170. The highest BCUT2D eigenvalue weighted by atomic mass is 19.4. The molecule has 0 spiro atoms. The van der Waals surface area contributed by atoms with Gasteiger partial charge in [0.25, 0.3) is 5.89 Å². The van der Waals surface area contributed by atoms with Crippen LogP contribution in [0.2, 0.25) is 0 Å². The van der Waals surface area contributed by atoms with Crippen LogP contribution in [-0.2, 0) is 0 Å². The van der Waals surface area contributed by atoms with Crippen LogP contribution in [0.15, 0.2) is 41.2 Å². The van der Waals surface area contributed by atoms with Crippen molar-refractivity contribution in [2.75, 3.05) is 7.11 Å². The molecule has 124 valence electrons. The lowest BCUT2D eigenvalue weighted by molar-refractivity contribution is -0.274. The molecular formula is C14H9F3N4O3. The molecule has 0 amide bonds. The van der Waals surface area contributed by atoms with E-state index in [0.29, 0.717) is 11.1 Å². The summed E-state index contributed by atoms with van der Waals surface area (Å²) in [5.74, 6) is 0.0428. The van der Waals surface area contributed by atoms with Gasteiger partial charge in [0.15, 0.2) is 0 Å². The van der Waals surface area contributed by atoms with Gasteiger partial charge in [-0.15, -0.1) is 13.2 Å². The number of hydrogen-bond acceptors (Lipinski definition) is 7. The molecule has 0 fully saturated rings. The largest absolute Gasteiger partial charge is 0.573 e. The number of halogens is 3. The molecule has 7 nitrogen and oxygen atoms in total. The quantitative estimate of drug-likeness (QED) is 0.723. The van der Waals surface area contributed by atoms with E-state index in [1.165, 1.54) is 31.6 Å². The fourth-order valence-electron chi connectivity index (χ4n) is 1.80. The number of methoxy groups -OCH3 is 1. The molecule has 2 aromatic heterocycles. The van der Waals surface area contributed by atoms with Crippen molar-refractivity contribution < 1.29 is 27.2 Å². The smallest absolute Gasteiger partial charge is 0.467 e. The Morgan fingerprint density at radius 3 is 2.25 bits per heavy atom. The molecule has 24 heavy (non-hydrogen) atoms. The van der Waals surface area contributed by atoms with E-state index >= 15 is 0 Å². The highest BCUT2D eigenvalue weighted by molar-refractivity contribution is 5.59. The number of benzene rings is 1. The summed E-state index contributed by atoms with van der Waals surface area (Å²) < 4.78 is 50.1. The number of nitrogens with zero attached hydrogens (tertiary/aromatic N) is 4. The Hall–Kier alpha value is -3.17. The maximum absolute atomic E-state index is 12.1. The first-order valence-corrected chi connectivity index (χ1v) is 6.51. The van der Waals surface area contributed by atoms with Crippen LogP contribution in [0.1, 0.15) is 0 Å². The molecule has 0 radical (unpaired) electrons. The minimum atomic E-state index is -4.74. The first-order valence-electron chi connectivity index (χ1n) is 6.51. The predicted molar refractivity (Wildman–Crippen MR) is 74.0 cm³/mol. The monoisotopic (exact) mass is 338 g/mol. The Morgan fingerprint density at radius 2 is 1.67 bits per heavy atom. The van der Waals surface area contributed by atoms with E-state index in [2.05, 4.69) is 24.8 Å². The highest BCUT2D eigenvalue weighted by Gasteiger charge is 2.31. The highest BCUT2D eigenvalue weighted by Crippen LogP contribution is 2.26. The van der Waals surface area contributed by atoms with Crippen LogP contribution in [0, 0.1) is 0 Å². The summed E-state index contributed by atoms with van der Waals surface area (Å²) in [5.41, 5.74) is 0.945. The lowest BCUT2D eigenvalue weighted by Gasteiger charge is -2.08. The molecule has 0 saturated carbocycles. The van der Waals surface area contributed by atoms with Gasteiger partial charge in [-0.3, -0.25) is 0 Å². The summed E-state index contributed by atoms with van der Waals surface area (Å²) in [4.78, 5) is 12.0. The average Bonchev–Trinajstić information content (AvgIpc) is 3.04. The third-order valence-corrected chi connectivity index (χ3v) is 2.83. The number of rotatable bonds is 4. The number of alkyl halides is 3. The van der Waals surface area contributed by atoms with Crippen molar-refractivity contribution in [2.45, 2.75) is 6.36 Å². The summed E-state index contributed by atoms with van der Waals surface area (Å²) in [6.07, 6.45) is -1.85. The van der Waals surface area contributed by atoms with E-state index in [0.717, 1.165) is 12.1 Å². The Balaban J connectivity index is 1.79. The van der Waals surface area contributed by atoms with Gasteiger partial charge in [0.1, 0.15) is 5.75 Å². The van der Waals surface area contributed by atoms with Crippen molar-refractivity contribution in [3.63, 3.8) is 0 Å².